The molecule has 0 unspecified atom stereocenters. The van der Waals surface area contributed by atoms with Crippen LogP contribution < -0.4 is 21.3 Å². The van der Waals surface area contributed by atoms with Crippen LogP contribution in [0.4, 0.5) is 8.78 Å². The molecule has 7 nitrogen and oxygen atoms in total. The Hall–Kier alpha value is -2.49. The highest BCUT2D eigenvalue weighted by Crippen LogP contribution is 2.24. The van der Waals surface area contributed by atoms with Crippen LogP contribution in [0.1, 0.15) is 0 Å². The van der Waals surface area contributed by atoms with E-state index in [1.54, 1.807) is 30.3 Å². The third kappa shape index (κ3) is 4.86. The molecule has 150 valence electrons. The molecule has 0 saturated carbocycles. The number of H-pyrrole nitrogens is 1. The quantitative estimate of drug-likeness (QED) is 0.441. The summed E-state index contributed by atoms with van der Waals surface area (Å²) in [5.74, 6) is -0.0812. The summed E-state index contributed by atoms with van der Waals surface area (Å²) in [5.41, 5.74) is -0.562. The predicted molar refractivity (Wildman–Crippen MR) is 105 cm³/mol. The topological polar surface area (TPSA) is 89.0 Å². The monoisotopic (exact) mass is 432 g/mol. The third-order valence-corrected chi connectivity index (χ3v) is 3.85. The third-order valence-electron chi connectivity index (χ3n) is 3.66. The molecule has 0 radical (unpaired) electrons. The van der Waals surface area contributed by atoms with Crippen molar-refractivity contribution in [3.05, 3.63) is 62.4 Å². The van der Waals surface area contributed by atoms with Gasteiger partial charge in [0.2, 0.25) is 5.88 Å². The lowest BCUT2D eigenvalue weighted by Crippen LogP contribution is -2.30. The zero-order valence-corrected chi connectivity index (χ0v) is 15.9. The van der Waals surface area contributed by atoms with Crippen LogP contribution in [-0.4, -0.2) is 40.7 Å². The number of rotatable bonds is 7. The van der Waals surface area contributed by atoms with Crippen molar-refractivity contribution in [2.24, 2.45) is 0 Å². The molecule has 2 N–H and O–H groups in total. The van der Waals surface area contributed by atoms with Crippen molar-refractivity contribution in [3.8, 4) is 11.6 Å². The van der Waals surface area contributed by atoms with Gasteiger partial charge in [-0.05, 0) is 12.1 Å². The van der Waals surface area contributed by atoms with Gasteiger partial charge in [0.1, 0.15) is 17.1 Å². The van der Waals surface area contributed by atoms with Crippen molar-refractivity contribution < 1.29 is 13.5 Å². The maximum atomic E-state index is 12.4. The van der Waals surface area contributed by atoms with Gasteiger partial charge >= 0.3 is 5.69 Å². The number of aromatic amines is 1. The van der Waals surface area contributed by atoms with E-state index >= 15 is 0 Å². The number of para-hydroxylation sites is 1. The van der Waals surface area contributed by atoms with Crippen molar-refractivity contribution in [2.45, 2.75) is 6.43 Å². The number of ether oxygens (including phenoxy) is 1. The normalized spacial score (nSPS) is 10.9. The van der Waals surface area contributed by atoms with Gasteiger partial charge in [0.05, 0.1) is 17.7 Å². The fraction of sp³-hybridized carbons (Fsp3) is 0.235. The van der Waals surface area contributed by atoms with Gasteiger partial charge < -0.3 is 10.1 Å². The smallest absolute Gasteiger partial charge is 0.333 e. The number of alkyl halides is 2. The molecular weight excluding hydrogens is 417 g/mol. The van der Waals surface area contributed by atoms with E-state index in [4.69, 9.17) is 16.3 Å². The SMILES string of the molecule is Cl.O=c1[nH]c(=O)n(-c2ccccc2)c2cc(Cl)nc(OCCNCC(F)F)c12. The Morgan fingerprint density at radius 1 is 1.25 bits per heavy atom. The highest BCUT2D eigenvalue weighted by Gasteiger charge is 2.16. The van der Waals surface area contributed by atoms with Gasteiger partial charge in [-0.25, -0.2) is 18.6 Å². The van der Waals surface area contributed by atoms with E-state index in [0.29, 0.717) is 5.69 Å². The Balaban J connectivity index is 0.00000280. The average molecular weight is 433 g/mol. The van der Waals surface area contributed by atoms with Gasteiger partial charge in [-0.2, -0.15) is 0 Å². The largest absolute Gasteiger partial charge is 0.476 e. The van der Waals surface area contributed by atoms with Crippen LogP contribution >= 0.6 is 24.0 Å². The second-order valence-corrected chi connectivity index (χ2v) is 5.91. The number of aromatic nitrogens is 3. The summed E-state index contributed by atoms with van der Waals surface area (Å²) in [6, 6.07) is 10.1. The molecule has 11 heteroatoms. The minimum absolute atomic E-state index is 0. The summed E-state index contributed by atoms with van der Waals surface area (Å²) >= 11 is 6.04. The second-order valence-electron chi connectivity index (χ2n) is 5.52. The van der Waals surface area contributed by atoms with E-state index in [1.165, 1.54) is 10.6 Å². The molecular formula is C17H16Cl2F2N4O3. The van der Waals surface area contributed by atoms with Crippen LogP contribution in [0.3, 0.4) is 0 Å². The highest BCUT2D eigenvalue weighted by molar-refractivity contribution is 6.30. The Bertz CT molecular complexity index is 1060. The Labute approximate surface area is 168 Å². The lowest BCUT2D eigenvalue weighted by atomic mass is 10.2. The maximum absolute atomic E-state index is 12.4. The highest BCUT2D eigenvalue weighted by atomic mass is 35.5. The maximum Gasteiger partial charge on any atom is 0.333 e. The molecule has 0 aliphatic rings. The predicted octanol–water partition coefficient (Wildman–Crippen LogP) is 2.38. The summed E-state index contributed by atoms with van der Waals surface area (Å²) in [4.78, 5) is 30.9. The van der Waals surface area contributed by atoms with E-state index in [1.807, 2.05) is 0 Å². The molecule has 1 aromatic carbocycles. The Kier molecular flexibility index (Phi) is 7.50. The minimum atomic E-state index is -2.47. The average Bonchev–Trinajstić information content (AvgIpc) is 2.61. The molecule has 2 aromatic heterocycles. The number of fused-ring (bicyclic) bond motifs is 1. The first-order valence-electron chi connectivity index (χ1n) is 8.00. The van der Waals surface area contributed by atoms with Gasteiger partial charge in [-0.15, -0.1) is 12.4 Å². The van der Waals surface area contributed by atoms with Crippen molar-refractivity contribution in [3.63, 3.8) is 0 Å². The molecule has 0 bridgehead atoms. The molecule has 0 atom stereocenters. The van der Waals surface area contributed by atoms with Crippen LogP contribution in [0.2, 0.25) is 5.15 Å². The Morgan fingerprint density at radius 3 is 2.64 bits per heavy atom. The van der Waals surface area contributed by atoms with Crippen LogP contribution in [0.5, 0.6) is 5.88 Å². The zero-order valence-electron chi connectivity index (χ0n) is 14.3. The number of benzene rings is 1. The van der Waals surface area contributed by atoms with Gasteiger partial charge in [0, 0.05) is 12.6 Å². The number of nitrogens with zero attached hydrogens (tertiary/aromatic N) is 2. The molecule has 0 aliphatic carbocycles. The van der Waals surface area contributed by atoms with E-state index in [9.17, 15) is 18.4 Å². The molecule has 0 fully saturated rings. The van der Waals surface area contributed by atoms with Crippen molar-refractivity contribution in [2.75, 3.05) is 19.7 Å². The first-order valence-corrected chi connectivity index (χ1v) is 8.38. The standard InChI is InChI=1S/C17H15ClF2N4O3.ClH/c18-12-8-11-14(16(22-12)27-7-6-21-9-13(19)20)15(25)23-17(26)24(11)10-4-2-1-3-5-10;/h1-5,8,13,21H,6-7,9H2,(H,23,25,26);1H. The molecule has 28 heavy (non-hydrogen) atoms. The van der Waals surface area contributed by atoms with E-state index in [-0.39, 0.29) is 47.5 Å². The molecule has 3 rings (SSSR count). The molecule has 0 spiro atoms. The minimum Gasteiger partial charge on any atom is -0.476 e. The first-order chi connectivity index (χ1) is 13.0. The van der Waals surface area contributed by atoms with Crippen LogP contribution in [0.15, 0.2) is 46.0 Å². The second kappa shape index (κ2) is 9.63. The summed E-state index contributed by atoms with van der Waals surface area (Å²) < 4.78 is 31.0. The van der Waals surface area contributed by atoms with Crippen LogP contribution in [0, 0.1) is 0 Å². The fourth-order valence-corrected chi connectivity index (χ4v) is 2.74. The van der Waals surface area contributed by atoms with Crippen molar-refractivity contribution >= 4 is 34.9 Å². The molecule has 3 aromatic rings. The van der Waals surface area contributed by atoms with Gasteiger partial charge in [-0.3, -0.25) is 14.3 Å². The summed E-state index contributed by atoms with van der Waals surface area (Å²) in [5, 5.41) is 2.56. The van der Waals surface area contributed by atoms with E-state index in [0.717, 1.165) is 0 Å². The lowest BCUT2D eigenvalue weighted by Gasteiger charge is -2.13. The Morgan fingerprint density at radius 2 is 1.96 bits per heavy atom. The summed E-state index contributed by atoms with van der Waals surface area (Å²) in [6.07, 6.45) is -2.47. The zero-order chi connectivity index (χ0) is 19.4. The van der Waals surface area contributed by atoms with Gasteiger partial charge in [0.25, 0.3) is 12.0 Å². The van der Waals surface area contributed by atoms with Crippen LogP contribution in [-0.2, 0) is 0 Å². The summed E-state index contributed by atoms with van der Waals surface area (Å²) in [6.45, 7) is -0.365. The summed E-state index contributed by atoms with van der Waals surface area (Å²) in [7, 11) is 0. The number of pyridine rings is 1. The van der Waals surface area contributed by atoms with E-state index in [2.05, 4.69) is 15.3 Å². The van der Waals surface area contributed by atoms with Gasteiger partial charge in [-0.1, -0.05) is 29.8 Å². The van der Waals surface area contributed by atoms with Crippen molar-refractivity contribution in [1.82, 2.24) is 19.9 Å². The van der Waals surface area contributed by atoms with Gasteiger partial charge in [0.15, 0.2) is 0 Å². The number of halogens is 4. The fourth-order valence-electron chi connectivity index (χ4n) is 2.56. The van der Waals surface area contributed by atoms with Crippen LogP contribution in [0.25, 0.3) is 16.6 Å². The van der Waals surface area contributed by atoms with E-state index < -0.39 is 24.2 Å². The van der Waals surface area contributed by atoms with Crippen molar-refractivity contribution in [1.29, 1.82) is 0 Å². The first kappa shape index (κ1) is 21.8. The molecule has 2 heterocycles. The number of nitrogens with one attached hydrogen (secondary N) is 2. The number of hydrogen-bond donors (Lipinski definition) is 2. The molecule has 0 aliphatic heterocycles. The molecule has 0 amide bonds. The molecule has 0 saturated heterocycles. The lowest BCUT2D eigenvalue weighted by molar-refractivity contribution is 0.144. The number of hydrogen-bond acceptors (Lipinski definition) is 5.